The molecule has 106 valence electrons. The van der Waals surface area contributed by atoms with Gasteiger partial charge in [0.05, 0.1) is 33.9 Å². The molecule has 0 spiro atoms. The molecule has 1 aromatic carbocycles. The molecule has 0 atom stereocenters. The summed E-state index contributed by atoms with van der Waals surface area (Å²) in [5.41, 5.74) is -0.0430. The second-order valence-electron chi connectivity index (χ2n) is 3.81. The fraction of sp³-hybridized carbons (Fsp3) is 0.273. The van der Waals surface area contributed by atoms with Gasteiger partial charge in [-0.3, -0.25) is 9.69 Å². The van der Waals surface area contributed by atoms with Crippen LogP contribution in [0.1, 0.15) is 6.42 Å². The van der Waals surface area contributed by atoms with E-state index in [1.807, 2.05) is 0 Å². The fourth-order valence-electron chi connectivity index (χ4n) is 1.42. The zero-order valence-electron chi connectivity index (χ0n) is 11.1. The van der Waals surface area contributed by atoms with Crippen molar-refractivity contribution in [1.29, 1.82) is 0 Å². The molecule has 0 aliphatic carbocycles. The first-order valence-corrected chi connectivity index (χ1v) is 8.48. The Morgan fingerprint density at radius 1 is 1.00 bits per heavy atom. The summed E-state index contributed by atoms with van der Waals surface area (Å²) in [6.45, 7) is 13.7. The average Bonchev–Trinajstić information content (AvgIpc) is 2.36. The molecular weight excluding hydrogens is 327 g/mol. The zero-order valence-corrected chi connectivity index (χ0v) is 14.7. The molecule has 0 N–H and O–H groups in total. The molecule has 0 aromatic heterocycles. The van der Waals surface area contributed by atoms with Crippen LogP contribution in [0.4, 0.5) is 11.4 Å². The SMILES string of the molecule is [C-]#[N+]c1ccc(S(=O)(=O)CCCS(=O)(=O)[O-])cc1[N+]#[C-].[Na+]. The second-order valence-corrected chi connectivity index (χ2v) is 7.44. The van der Waals surface area contributed by atoms with Gasteiger partial charge in [0.15, 0.2) is 21.2 Å². The summed E-state index contributed by atoms with van der Waals surface area (Å²) < 4.78 is 55.1. The third-order valence-corrected chi connectivity index (χ3v) is 4.94. The minimum atomic E-state index is -4.45. The molecule has 1 aromatic rings. The van der Waals surface area contributed by atoms with Crippen molar-refractivity contribution in [3.05, 3.63) is 41.0 Å². The molecule has 0 aliphatic heterocycles. The van der Waals surface area contributed by atoms with Gasteiger partial charge in [0.1, 0.15) is 0 Å². The average molecular weight is 336 g/mol. The van der Waals surface area contributed by atoms with E-state index < -0.39 is 31.5 Å². The number of hydrogen-bond acceptors (Lipinski definition) is 5. The normalized spacial score (nSPS) is 11.0. The molecule has 0 radical (unpaired) electrons. The maximum Gasteiger partial charge on any atom is 1.00 e. The quantitative estimate of drug-likeness (QED) is 0.370. The Morgan fingerprint density at radius 3 is 2.05 bits per heavy atom. The molecule has 0 aliphatic rings. The monoisotopic (exact) mass is 336 g/mol. The van der Waals surface area contributed by atoms with Crippen molar-refractivity contribution >= 4 is 31.3 Å². The zero-order chi connectivity index (χ0) is 15.4. The number of nitrogens with zero attached hydrogens (tertiary/aromatic N) is 2. The second kappa shape index (κ2) is 7.90. The van der Waals surface area contributed by atoms with Crippen molar-refractivity contribution in [2.45, 2.75) is 11.3 Å². The van der Waals surface area contributed by atoms with Crippen molar-refractivity contribution < 1.29 is 50.9 Å². The van der Waals surface area contributed by atoms with Gasteiger partial charge < -0.3 is 4.55 Å². The summed E-state index contributed by atoms with van der Waals surface area (Å²) in [5.74, 6) is -1.27. The molecule has 0 amide bonds. The van der Waals surface area contributed by atoms with Crippen LogP contribution in [0.15, 0.2) is 23.1 Å². The molecule has 0 saturated heterocycles. The first-order valence-electron chi connectivity index (χ1n) is 5.25. The van der Waals surface area contributed by atoms with Crippen molar-refractivity contribution in [3.8, 4) is 0 Å². The molecule has 0 saturated carbocycles. The van der Waals surface area contributed by atoms with E-state index in [9.17, 15) is 21.4 Å². The Hall–Kier alpha value is -0.940. The van der Waals surface area contributed by atoms with Gasteiger partial charge in [-0.2, -0.15) is 0 Å². The molecule has 21 heavy (non-hydrogen) atoms. The van der Waals surface area contributed by atoms with Crippen LogP contribution in [0, 0.1) is 13.1 Å². The van der Waals surface area contributed by atoms with Gasteiger partial charge >= 0.3 is 29.6 Å². The molecule has 0 heterocycles. The van der Waals surface area contributed by atoms with Crippen LogP contribution >= 0.6 is 0 Å². The van der Waals surface area contributed by atoms with Crippen molar-refractivity contribution in [2.75, 3.05) is 11.5 Å². The van der Waals surface area contributed by atoms with E-state index >= 15 is 0 Å². The predicted molar refractivity (Wildman–Crippen MR) is 70.2 cm³/mol. The van der Waals surface area contributed by atoms with Crippen molar-refractivity contribution in [1.82, 2.24) is 0 Å². The Kier molecular flexibility index (Phi) is 7.54. The van der Waals surface area contributed by atoms with Crippen molar-refractivity contribution in [3.63, 3.8) is 0 Å². The first-order chi connectivity index (χ1) is 9.19. The summed E-state index contributed by atoms with van der Waals surface area (Å²) in [4.78, 5) is 5.97. The molecular formula is C11H9N2NaO5S2. The van der Waals surface area contributed by atoms with Crippen LogP contribution in [0.3, 0.4) is 0 Å². The summed E-state index contributed by atoms with van der Waals surface area (Å²) in [6.07, 6.45) is -0.313. The van der Waals surface area contributed by atoms with Crippen LogP contribution in [0.25, 0.3) is 9.69 Å². The van der Waals surface area contributed by atoms with E-state index in [1.165, 1.54) is 12.1 Å². The van der Waals surface area contributed by atoms with Gasteiger partial charge in [0.2, 0.25) is 0 Å². The van der Waals surface area contributed by atoms with Gasteiger partial charge in [0, 0.05) is 5.75 Å². The molecule has 10 heteroatoms. The standard InChI is InChI=1S/C11H10N2O5S2.Na/c1-12-10-5-4-9(8-11(10)13-2)19(14,15)6-3-7-20(16,17)18;/h4-5,8H,3,6-7H2,(H,16,17,18);/q;+1/p-1. The van der Waals surface area contributed by atoms with Gasteiger partial charge in [-0.1, -0.05) is 12.1 Å². The van der Waals surface area contributed by atoms with Gasteiger partial charge in [-0.25, -0.2) is 16.8 Å². The number of sulfone groups is 1. The maximum absolute atomic E-state index is 11.9. The van der Waals surface area contributed by atoms with Crippen LogP contribution < -0.4 is 29.6 Å². The van der Waals surface area contributed by atoms with E-state index in [0.29, 0.717) is 0 Å². The third-order valence-electron chi connectivity index (χ3n) is 2.35. The van der Waals surface area contributed by atoms with Crippen LogP contribution in [0.2, 0.25) is 0 Å². The maximum atomic E-state index is 11.9. The smallest absolute Gasteiger partial charge is 0.748 e. The molecule has 1 rings (SSSR count). The summed E-state index contributed by atoms with van der Waals surface area (Å²) in [7, 11) is -8.24. The molecule has 0 fully saturated rings. The topological polar surface area (TPSA) is 100 Å². The van der Waals surface area contributed by atoms with Crippen molar-refractivity contribution in [2.24, 2.45) is 0 Å². The number of benzene rings is 1. The van der Waals surface area contributed by atoms with Gasteiger partial charge in [-0.05, 0) is 12.5 Å². The minimum Gasteiger partial charge on any atom is -0.748 e. The number of hydrogen-bond donors (Lipinski definition) is 0. The van der Waals surface area contributed by atoms with E-state index in [1.54, 1.807) is 0 Å². The van der Waals surface area contributed by atoms with Gasteiger partial charge in [0.25, 0.3) is 0 Å². The van der Waals surface area contributed by atoms with E-state index in [0.717, 1.165) is 6.07 Å². The summed E-state index contributed by atoms with van der Waals surface area (Å²) >= 11 is 0. The summed E-state index contributed by atoms with van der Waals surface area (Å²) in [6, 6.07) is 3.47. The Morgan fingerprint density at radius 2 is 1.57 bits per heavy atom. The van der Waals surface area contributed by atoms with E-state index in [4.69, 9.17) is 13.1 Å². The number of rotatable bonds is 5. The van der Waals surface area contributed by atoms with Crippen LogP contribution in [-0.2, 0) is 20.0 Å². The Balaban J connectivity index is 0.00000400. The predicted octanol–water partition coefficient (Wildman–Crippen LogP) is -1.50. The fourth-order valence-corrected chi connectivity index (χ4v) is 3.43. The molecule has 0 bridgehead atoms. The Bertz CT molecular complexity index is 804. The molecule has 7 nitrogen and oxygen atoms in total. The third kappa shape index (κ3) is 6.14. The first kappa shape index (κ1) is 20.1. The van der Waals surface area contributed by atoms with E-state index in [-0.39, 0.29) is 52.2 Å². The van der Waals surface area contributed by atoms with Gasteiger partial charge in [-0.15, -0.1) is 0 Å². The van der Waals surface area contributed by atoms with E-state index in [2.05, 4.69) is 9.69 Å². The minimum absolute atomic E-state index is 0. The summed E-state index contributed by atoms with van der Waals surface area (Å²) in [5, 5.41) is 0. The Labute approximate surface area is 145 Å². The molecule has 0 unspecified atom stereocenters. The van der Waals surface area contributed by atoms with Crippen LogP contribution in [0.5, 0.6) is 0 Å². The van der Waals surface area contributed by atoms with Crippen LogP contribution in [-0.4, -0.2) is 32.9 Å². The largest absolute Gasteiger partial charge is 1.00 e.